The summed E-state index contributed by atoms with van der Waals surface area (Å²) in [6.45, 7) is 6.72. The minimum Gasteiger partial charge on any atom is -0.364 e. The van der Waals surface area contributed by atoms with Crippen molar-refractivity contribution in [3.63, 3.8) is 0 Å². The lowest BCUT2D eigenvalue weighted by Gasteiger charge is -2.07. The van der Waals surface area contributed by atoms with Crippen LogP contribution in [0.2, 0.25) is 0 Å². The van der Waals surface area contributed by atoms with Gasteiger partial charge in [0.2, 0.25) is 11.7 Å². The van der Waals surface area contributed by atoms with Crippen LogP contribution >= 0.6 is 0 Å². The van der Waals surface area contributed by atoms with Crippen LogP contribution in [0.5, 0.6) is 0 Å². The fourth-order valence-electron chi connectivity index (χ4n) is 1.77. The minimum absolute atomic E-state index is 0.0299. The molecule has 0 atom stereocenters. The van der Waals surface area contributed by atoms with E-state index in [2.05, 4.69) is 15.7 Å². The van der Waals surface area contributed by atoms with E-state index in [1.165, 1.54) is 4.68 Å². The smallest absolute Gasteiger partial charge is 0.333 e. The first-order valence-corrected chi connectivity index (χ1v) is 6.23. The number of nitrogens with zero attached hydrogens (tertiary/aromatic N) is 3. The van der Waals surface area contributed by atoms with Gasteiger partial charge >= 0.3 is 5.69 Å². The molecule has 0 spiro atoms. The lowest BCUT2D eigenvalue weighted by molar-refractivity contribution is -0.384. The van der Waals surface area contributed by atoms with Crippen molar-refractivity contribution in [2.24, 2.45) is 0 Å². The molecule has 1 rings (SSSR count). The zero-order valence-corrected chi connectivity index (χ0v) is 11.4. The van der Waals surface area contributed by atoms with E-state index in [0.717, 1.165) is 0 Å². The van der Waals surface area contributed by atoms with Crippen molar-refractivity contribution < 1.29 is 9.72 Å². The maximum absolute atomic E-state index is 11.3. The highest BCUT2D eigenvalue weighted by atomic mass is 16.6. The Morgan fingerprint density at radius 3 is 2.68 bits per heavy atom. The average molecular weight is 269 g/mol. The number of carbonyl (C=O) groups is 1. The number of carbonyl (C=O) groups excluding carboxylic acids is 1. The van der Waals surface area contributed by atoms with Crippen LogP contribution in [-0.2, 0) is 11.3 Å². The largest absolute Gasteiger partial charge is 0.364 e. The van der Waals surface area contributed by atoms with E-state index in [4.69, 9.17) is 0 Å². The number of nitrogens with one attached hydrogen (secondary N) is 2. The van der Waals surface area contributed by atoms with Crippen molar-refractivity contribution in [3.05, 3.63) is 15.8 Å². The van der Waals surface area contributed by atoms with Crippen LogP contribution in [0.1, 0.15) is 26.0 Å². The minimum atomic E-state index is -0.455. The summed E-state index contributed by atoms with van der Waals surface area (Å²) in [4.78, 5) is 21.9. The summed E-state index contributed by atoms with van der Waals surface area (Å²) in [6.07, 6.45) is 0.263. The molecule has 0 aliphatic rings. The fraction of sp³-hybridized carbons (Fsp3) is 0.636. The van der Waals surface area contributed by atoms with Gasteiger partial charge in [-0.15, -0.1) is 0 Å². The zero-order chi connectivity index (χ0) is 14.4. The van der Waals surface area contributed by atoms with Crippen molar-refractivity contribution in [2.75, 3.05) is 18.4 Å². The summed E-state index contributed by atoms with van der Waals surface area (Å²) in [5.41, 5.74) is 0.338. The summed E-state index contributed by atoms with van der Waals surface area (Å²) in [7, 11) is 0. The number of nitro groups is 1. The van der Waals surface area contributed by atoms with Gasteiger partial charge in [-0.25, -0.2) is 4.68 Å². The van der Waals surface area contributed by atoms with Gasteiger partial charge in [-0.2, -0.15) is 5.10 Å². The lowest BCUT2D eigenvalue weighted by Crippen LogP contribution is -2.25. The summed E-state index contributed by atoms with van der Waals surface area (Å²) in [6, 6.07) is 0. The molecule has 0 saturated heterocycles. The topological polar surface area (TPSA) is 102 Å². The molecular formula is C11H19N5O3. The van der Waals surface area contributed by atoms with Gasteiger partial charge in [-0.3, -0.25) is 14.9 Å². The standard InChI is InChI=1S/C11H19N5O3/c1-4-12-9(17)6-7-13-11-10(16(18)19)8(3)14-15(11)5-2/h13H,4-7H2,1-3H3,(H,12,17). The molecule has 1 heterocycles. The van der Waals surface area contributed by atoms with Crippen LogP contribution in [-0.4, -0.2) is 33.7 Å². The van der Waals surface area contributed by atoms with Crippen LogP contribution in [0.4, 0.5) is 11.5 Å². The van der Waals surface area contributed by atoms with E-state index in [1.807, 2.05) is 13.8 Å². The Kier molecular flexibility index (Phi) is 5.28. The number of hydrogen-bond donors (Lipinski definition) is 2. The van der Waals surface area contributed by atoms with Crippen molar-refractivity contribution in [1.82, 2.24) is 15.1 Å². The van der Waals surface area contributed by atoms with Crippen LogP contribution in [0.3, 0.4) is 0 Å². The second-order valence-electron chi connectivity index (χ2n) is 3.99. The monoisotopic (exact) mass is 269 g/mol. The summed E-state index contributed by atoms with van der Waals surface area (Å²) >= 11 is 0. The first-order chi connectivity index (χ1) is 9.01. The number of anilines is 1. The number of rotatable bonds is 7. The quantitative estimate of drug-likeness (QED) is 0.569. The molecule has 0 saturated carbocycles. The van der Waals surface area contributed by atoms with E-state index >= 15 is 0 Å². The zero-order valence-electron chi connectivity index (χ0n) is 11.4. The van der Waals surface area contributed by atoms with Crippen LogP contribution in [0.25, 0.3) is 0 Å². The van der Waals surface area contributed by atoms with Crippen molar-refractivity contribution in [3.8, 4) is 0 Å². The van der Waals surface area contributed by atoms with Gasteiger partial charge < -0.3 is 10.6 Å². The van der Waals surface area contributed by atoms with E-state index < -0.39 is 4.92 Å². The molecule has 0 aliphatic heterocycles. The molecule has 106 valence electrons. The maximum Gasteiger partial charge on any atom is 0.333 e. The SMILES string of the molecule is CCNC(=O)CCNc1c([N+](=O)[O-])c(C)nn1CC. The number of hydrogen-bond acceptors (Lipinski definition) is 5. The Balaban J connectivity index is 2.76. The molecule has 0 radical (unpaired) electrons. The van der Waals surface area contributed by atoms with Gasteiger partial charge in [-0.1, -0.05) is 0 Å². The lowest BCUT2D eigenvalue weighted by atomic mass is 10.3. The molecule has 8 nitrogen and oxygen atoms in total. The average Bonchev–Trinajstić information content (AvgIpc) is 2.66. The van der Waals surface area contributed by atoms with Crippen LogP contribution in [0, 0.1) is 17.0 Å². The predicted molar refractivity (Wildman–Crippen MR) is 71.1 cm³/mol. The molecular weight excluding hydrogens is 250 g/mol. The summed E-state index contributed by atoms with van der Waals surface area (Å²) in [5.74, 6) is 0.270. The highest BCUT2D eigenvalue weighted by Gasteiger charge is 2.24. The van der Waals surface area contributed by atoms with Crippen molar-refractivity contribution in [1.29, 1.82) is 0 Å². The molecule has 8 heteroatoms. The third kappa shape index (κ3) is 3.67. The molecule has 19 heavy (non-hydrogen) atoms. The Labute approximate surface area is 111 Å². The first kappa shape index (κ1) is 14.9. The van der Waals surface area contributed by atoms with Gasteiger partial charge in [0, 0.05) is 26.1 Å². The van der Waals surface area contributed by atoms with Crippen LogP contribution in [0.15, 0.2) is 0 Å². The predicted octanol–water partition coefficient (Wildman–Crippen LogP) is 1.06. The molecule has 2 N–H and O–H groups in total. The highest BCUT2D eigenvalue weighted by Crippen LogP contribution is 2.27. The number of aromatic nitrogens is 2. The molecule has 1 amide bonds. The van der Waals surface area contributed by atoms with E-state index in [0.29, 0.717) is 31.1 Å². The molecule has 0 bridgehead atoms. The molecule has 0 fully saturated rings. The maximum atomic E-state index is 11.3. The third-order valence-corrected chi connectivity index (χ3v) is 2.60. The number of amides is 1. The second kappa shape index (κ2) is 6.72. The Bertz CT molecular complexity index is 469. The number of aryl methyl sites for hydroxylation is 2. The summed E-state index contributed by atoms with van der Waals surface area (Å²) in [5, 5.41) is 20.7. The van der Waals surface area contributed by atoms with E-state index in [1.54, 1.807) is 6.92 Å². The third-order valence-electron chi connectivity index (χ3n) is 2.60. The van der Waals surface area contributed by atoms with Gasteiger partial charge in [0.05, 0.1) is 4.92 Å². The Morgan fingerprint density at radius 1 is 1.47 bits per heavy atom. The highest BCUT2D eigenvalue weighted by molar-refractivity contribution is 5.76. The van der Waals surface area contributed by atoms with Gasteiger partial charge in [-0.05, 0) is 20.8 Å². The molecule has 0 aliphatic carbocycles. The fourth-order valence-corrected chi connectivity index (χ4v) is 1.77. The van der Waals surface area contributed by atoms with Crippen molar-refractivity contribution >= 4 is 17.4 Å². The molecule has 0 aromatic carbocycles. The molecule has 1 aromatic heterocycles. The molecule has 1 aromatic rings. The van der Waals surface area contributed by atoms with Crippen LogP contribution < -0.4 is 10.6 Å². The Hall–Kier alpha value is -2.12. The normalized spacial score (nSPS) is 10.3. The van der Waals surface area contributed by atoms with Gasteiger partial charge in [0.15, 0.2) is 0 Å². The first-order valence-electron chi connectivity index (χ1n) is 6.23. The van der Waals surface area contributed by atoms with Crippen molar-refractivity contribution in [2.45, 2.75) is 33.7 Å². The van der Waals surface area contributed by atoms with Gasteiger partial charge in [0.1, 0.15) is 5.69 Å². The second-order valence-corrected chi connectivity index (χ2v) is 3.99. The Morgan fingerprint density at radius 2 is 2.16 bits per heavy atom. The molecule has 0 unspecified atom stereocenters. The summed E-state index contributed by atoms with van der Waals surface area (Å²) < 4.78 is 1.53. The van der Waals surface area contributed by atoms with Gasteiger partial charge in [0.25, 0.3) is 0 Å². The van der Waals surface area contributed by atoms with E-state index in [9.17, 15) is 14.9 Å². The van der Waals surface area contributed by atoms with E-state index in [-0.39, 0.29) is 18.0 Å².